The number of nitrogens with one attached hydrogen (secondary N) is 2. The van der Waals surface area contributed by atoms with Crippen molar-refractivity contribution in [2.24, 2.45) is 5.92 Å². The van der Waals surface area contributed by atoms with Crippen LogP contribution in [0.4, 0.5) is 0 Å². The molecular formula is C12H20N4O. The Morgan fingerprint density at radius 2 is 2.53 bits per heavy atom. The lowest BCUT2D eigenvalue weighted by atomic mass is 10.1. The van der Waals surface area contributed by atoms with Crippen LogP contribution in [0.2, 0.25) is 0 Å². The highest BCUT2D eigenvalue weighted by atomic mass is 16.1. The number of aryl methyl sites for hydroxylation is 1. The highest BCUT2D eigenvalue weighted by molar-refractivity contribution is 5.75. The van der Waals surface area contributed by atoms with Crippen LogP contribution < -0.4 is 10.6 Å². The van der Waals surface area contributed by atoms with Crippen molar-refractivity contribution < 1.29 is 4.79 Å². The van der Waals surface area contributed by atoms with Crippen molar-refractivity contribution in [3.8, 4) is 0 Å². The molecule has 17 heavy (non-hydrogen) atoms. The van der Waals surface area contributed by atoms with E-state index in [9.17, 15) is 4.79 Å². The molecule has 1 aliphatic heterocycles. The van der Waals surface area contributed by atoms with Gasteiger partial charge in [0.1, 0.15) is 0 Å². The fourth-order valence-electron chi connectivity index (χ4n) is 2.11. The third-order valence-electron chi connectivity index (χ3n) is 3.16. The number of aromatic nitrogens is 2. The van der Waals surface area contributed by atoms with E-state index in [0.29, 0.717) is 13.0 Å². The van der Waals surface area contributed by atoms with Crippen LogP contribution in [0, 0.1) is 5.92 Å². The molecule has 1 saturated heterocycles. The number of hydrogen-bond acceptors (Lipinski definition) is 3. The third-order valence-corrected chi connectivity index (χ3v) is 3.16. The second-order valence-corrected chi connectivity index (χ2v) is 4.52. The second kappa shape index (κ2) is 6.39. The van der Waals surface area contributed by atoms with Gasteiger partial charge in [0.25, 0.3) is 0 Å². The number of hydrogen-bond donors (Lipinski definition) is 2. The van der Waals surface area contributed by atoms with Crippen LogP contribution in [0.25, 0.3) is 0 Å². The van der Waals surface area contributed by atoms with E-state index in [1.54, 1.807) is 10.9 Å². The SMILES string of the molecule is O=C(CCn1cccn1)NCCC1CCNC1. The molecule has 1 aliphatic rings. The van der Waals surface area contributed by atoms with Gasteiger partial charge in [-0.15, -0.1) is 0 Å². The summed E-state index contributed by atoms with van der Waals surface area (Å²) in [4.78, 5) is 11.5. The van der Waals surface area contributed by atoms with Crippen molar-refractivity contribution in [3.63, 3.8) is 0 Å². The van der Waals surface area contributed by atoms with E-state index in [-0.39, 0.29) is 5.91 Å². The molecule has 0 aromatic carbocycles. The monoisotopic (exact) mass is 236 g/mol. The summed E-state index contributed by atoms with van der Waals surface area (Å²) in [6, 6.07) is 1.87. The van der Waals surface area contributed by atoms with Gasteiger partial charge in [-0.25, -0.2) is 0 Å². The minimum absolute atomic E-state index is 0.117. The molecule has 2 rings (SSSR count). The lowest BCUT2D eigenvalue weighted by molar-refractivity contribution is -0.121. The molecule has 1 unspecified atom stereocenters. The maximum absolute atomic E-state index is 11.5. The maximum Gasteiger partial charge on any atom is 0.221 e. The molecule has 5 nitrogen and oxygen atoms in total. The summed E-state index contributed by atoms with van der Waals surface area (Å²) in [7, 11) is 0. The third kappa shape index (κ3) is 4.19. The van der Waals surface area contributed by atoms with Crippen molar-refractivity contribution in [3.05, 3.63) is 18.5 Å². The highest BCUT2D eigenvalue weighted by Crippen LogP contribution is 2.10. The lowest BCUT2D eigenvalue weighted by Gasteiger charge is -2.09. The molecule has 1 amide bonds. The summed E-state index contributed by atoms with van der Waals surface area (Å²) in [5.41, 5.74) is 0. The van der Waals surface area contributed by atoms with Gasteiger partial charge in [0, 0.05) is 31.9 Å². The summed E-state index contributed by atoms with van der Waals surface area (Å²) in [5.74, 6) is 0.855. The number of amides is 1. The van der Waals surface area contributed by atoms with Gasteiger partial charge in [0.05, 0.1) is 0 Å². The summed E-state index contributed by atoms with van der Waals surface area (Å²) >= 11 is 0. The molecule has 2 N–H and O–H groups in total. The molecule has 5 heteroatoms. The quantitative estimate of drug-likeness (QED) is 0.751. The topological polar surface area (TPSA) is 59.0 Å². The van der Waals surface area contributed by atoms with Crippen molar-refractivity contribution in [1.82, 2.24) is 20.4 Å². The molecule has 0 aliphatic carbocycles. The van der Waals surface area contributed by atoms with Gasteiger partial charge >= 0.3 is 0 Å². The van der Waals surface area contributed by atoms with Crippen LogP contribution in [0.3, 0.4) is 0 Å². The lowest BCUT2D eigenvalue weighted by Crippen LogP contribution is -2.27. The fraction of sp³-hybridized carbons (Fsp3) is 0.667. The first-order valence-corrected chi connectivity index (χ1v) is 6.29. The molecule has 1 aromatic heterocycles. The van der Waals surface area contributed by atoms with Crippen LogP contribution in [-0.2, 0) is 11.3 Å². The first-order valence-electron chi connectivity index (χ1n) is 6.29. The molecule has 1 aromatic rings. The zero-order chi connectivity index (χ0) is 11.9. The Balaban J connectivity index is 1.54. The van der Waals surface area contributed by atoms with Crippen LogP contribution in [0.1, 0.15) is 19.3 Å². The van der Waals surface area contributed by atoms with Gasteiger partial charge in [-0.2, -0.15) is 5.10 Å². The Hall–Kier alpha value is -1.36. The average Bonchev–Trinajstić information content (AvgIpc) is 2.99. The average molecular weight is 236 g/mol. The van der Waals surface area contributed by atoms with Crippen LogP contribution in [-0.4, -0.2) is 35.3 Å². The van der Waals surface area contributed by atoms with E-state index in [1.807, 2.05) is 12.3 Å². The maximum atomic E-state index is 11.5. The predicted molar refractivity (Wildman–Crippen MR) is 65.4 cm³/mol. The van der Waals surface area contributed by atoms with Crippen molar-refractivity contribution in [2.75, 3.05) is 19.6 Å². The van der Waals surface area contributed by atoms with Crippen LogP contribution >= 0.6 is 0 Å². The van der Waals surface area contributed by atoms with E-state index in [4.69, 9.17) is 0 Å². The van der Waals surface area contributed by atoms with E-state index in [1.165, 1.54) is 6.42 Å². The molecule has 0 spiro atoms. The number of rotatable bonds is 6. The molecule has 0 saturated carbocycles. The Labute approximate surface area is 102 Å². The first kappa shape index (κ1) is 12.1. The zero-order valence-electron chi connectivity index (χ0n) is 10.1. The zero-order valence-corrected chi connectivity index (χ0v) is 10.1. The van der Waals surface area contributed by atoms with E-state index in [2.05, 4.69) is 15.7 Å². The fourth-order valence-corrected chi connectivity index (χ4v) is 2.11. The van der Waals surface area contributed by atoms with Gasteiger partial charge in [0.2, 0.25) is 5.91 Å². The molecular weight excluding hydrogens is 216 g/mol. The van der Waals surface area contributed by atoms with Crippen molar-refractivity contribution in [2.45, 2.75) is 25.8 Å². The smallest absolute Gasteiger partial charge is 0.221 e. The molecule has 0 bridgehead atoms. The van der Waals surface area contributed by atoms with Gasteiger partial charge in [-0.05, 0) is 37.9 Å². The molecule has 1 atom stereocenters. The van der Waals surface area contributed by atoms with Crippen molar-refractivity contribution in [1.29, 1.82) is 0 Å². The van der Waals surface area contributed by atoms with E-state index < -0.39 is 0 Å². The van der Waals surface area contributed by atoms with Gasteiger partial charge in [-0.1, -0.05) is 0 Å². The summed E-state index contributed by atoms with van der Waals surface area (Å²) in [5, 5.41) is 10.4. The largest absolute Gasteiger partial charge is 0.356 e. The van der Waals surface area contributed by atoms with Gasteiger partial charge in [-0.3, -0.25) is 9.48 Å². The van der Waals surface area contributed by atoms with Gasteiger partial charge in [0.15, 0.2) is 0 Å². The molecule has 1 fully saturated rings. The minimum atomic E-state index is 0.117. The summed E-state index contributed by atoms with van der Waals surface area (Å²) in [6.07, 6.45) is 6.43. The Morgan fingerprint density at radius 1 is 1.59 bits per heavy atom. The summed E-state index contributed by atoms with van der Waals surface area (Å²) in [6.45, 7) is 3.68. The molecule has 0 radical (unpaired) electrons. The predicted octanol–water partition coefficient (Wildman–Crippen LogP) is 0.389. The van der Waals surface area contributed by atoms with Crippen molar-refractivity contribution >= 4 is 5.91 Å². The Morgan fingerprint density at radius 3 is 3.24 bits per heavy atom. The minimum Gasteiger partial charge on any atom is -0.356 e. The first-order chi connectivity index (χ1) is 8.34. The van der Waals surface area contributed by atoms with E-state index >= 15 is 0 Å². The number of nitrogens with zero attached hydrogens (tertiary/aromatic N) is 2. The molecule has 94 valence electrons. The van der Waals surface area contributed by atoms with E-state index in [0.717, 1.165) is 32.0 Å². The Kier molecular flexibility index (Phi) is 4.55. The highest BCUT2D eigenvalue weighted by Gasteiger charge is 2.13. The standard InChI is InChI=1S/C12H20N4O/c17-12(4-9-16-8-1-5-15-16)14-7-3-11-2-6-13-10-11/h1,5,8,11,13H,2-4,6-7,9-10H2,(H,14,17). The van der Waals surface area contributed by atoms with Gasteiger partial charge < -0.3 is 10.6 Å². The van der Waals surface area contributed by atoms with Crippen LogP contribution in [0.15, 0.2) is 18.5 Å². The normalized spacial score (nSPS) is 19.4. The molecule has 2 heterocycles. The second-order valence-electron chi connectivity index (χ2n) is 4.52. The number of carbonyl (C=O) groups excluding carboxylic acids is 1. The van der Waals surface area contributed by atoms with Crippen LogP contribution in [0.5, 0.6) is 0 Å². The summed E-state index contributed by atoms with van der Waals surface area (Å²) < 4.78 is 1.78. The Bertz CT molecular complexity index is 330. The number of carbonyl (C=O) groups is 1.